The molecule has 12 nitrogen and oxygen atoms in total. The number of rotatable bonds is 4. The van der Waals surface area contributed by atoms with Crippen LogP contribution >= 0.6 is 7.82 Å². The van der Waals surface area contributed by atoms with Gasteiger partial charge in [-0.3, -0.25) is 14.3 Å². The van der Waals surface area contributed by atoms with E-state index in [0.29, 0.717) is 0 Å². The summed E-state index contributed by atoms with van der Waals surface area (Å²) in [4.78, 5) is 38.4. The van der Waals surface area contributed by atoms with Crippen LogP contribution in [0.1, 0.15) is 0 Å². The number of carbonyl (C=O) groups excluding carboxylic acids is 1. The van der Waals surface area contributed by atoms with Crippen molar-refractivity contribution in [3.8, 4) is 0 Å². The molecule has 0 bridgehead atoms. The summed E-state index contributed by atoms with van der Waals surface area (Å²) in [6, 6.07) is -0.793. The molecule has 23 heavy (non-hydrogen) atoms. The Hall–Kier alpha value is -1.40. The van der Waals surface area contributed by atoms with Gasteiger partial charge in [0.1, 0.15) is 18.3 Å². The number of aliphatic imine (C=N–C) groups is 2. The summed E-state index contributed by atoms with van der Waals surface area (Å²) in [5.41, 5.74) is 0. The van der Waals surface area contributed by atoms with Gasteiger partial charge in [0.25, 0.3) is 5.91 Å². The lowest BCUT2D eigenvalue weighted by Gasteiger charge is -2.31. The predicted molar refractivity (Wildman–Crippen MR) is 73.2 cm³/mol. The van der Waals surface area contributed by atoms with Crippen LogP contribution in [0, 0.1) is 0 Å². The van der Waals surface area contributed by atoms with Crippen molar-refractivity contribution >= 4 is 26.4 Å². The average molecular weight is 350 g/mol. The Morgan fingerprint density at radius 1 is 1.35 bits per heavy atom. The molecule has 0 saturated carbocycles. The van der Waals surface area contributed by atoms with Crippen LogP contribution in [0.15, 0.2) is 9.98 Å². The van der Waals surface area contributed by atoms with Gasteiger partial charge < -0.3 is 35.0 Å². The van der Waals surface area contributed by atoms with Gasteiger partial charge in [-0.1, -0.05) is 0 Å². The number of phosphoric ester groups is 1. The molecule has 0 unspecified atom stereocenters. The number of carbonyl (C=O) groups is 1. The van der Waals surface area contributed by atoms with Crippen molar-refractivity contribution in [3.05, 3.63) is 0 Å². The van der Waals surface area contributed by atoms with Gasteiger partial charge in [-0.25, -0.2) is 9.56 Å². The maximum Gasteiger partial charge on any atom is 0.469 e. The summed E-state index contributed by atoms with van der Waals surface area (Å²) in [6.07, 6.45) is -3.31. The van der Waals surface area contributed by atoms with Gasteiger partial charge in [-0.15, -0.1) is 0 Å². The summed E-state index contributed by atoms with van der Waals surface area (Å²) in [7, 11) is -4.73. The Labute approximate surface area is 129 Å². The van der Waals surface area contributed by atoms with Crippen LogP contribution in [0.2, 0.25) is 0 Å². The van der Waals surface area contributed by atoms with Crippen LogP contribution in [0.25, 0.3) is 0 Å². The molecule has 0 aromatic rings. The van der Waals surface area contributed by atoms with E-state index in [-0.39, 0.29) is 5.91 Å². The average Bonchev–Trinajstić information content (AvgIpc) is 3.01. The highest BCUT2D eigenvalue weighted by molar-refractivity contribution is 7.46. The number of nitrogens with one attached hydrogen (secondary N) is 1. The molecule has 3 rings (SSSR count). The van der Waals surface area contributed by atoms with Crippen molar-refractivity contribution in [3.63, 3.8) is 0 Å². The second-order valence-electron chi connectivity index (χ2n) is 5.19. The SMILES string of the molecule is O=C1NC=N[C@@H]2[C@@H]1N=CN2[C@@H]1O[C@H](COP(=O)(O)O)[C@@H](O)[C@@H]1O. The number of aliphatic hydroxyl groups excluding tert-OH is 2. The van der Waals surface area contributed by atoms with Crippen LogP contribution in [-0.2, 0) is 18.6 Å². The maximum absolute atomic E-state index is 11.7. The standard InChI is InChI=1S/C10H15N4O8P/c15-6-4(1-21-23(18,19)20)22-10(7(6)16)14-3-13-5-8(14)11-2-12-9(5)17/h2-8,10,15-16H,1H2,(H,11,12,17)(H2,18,19,20)/t4-,5+,6-,7+,8+,10-/m1/s1. The lowest BCUT2D eigenvalue weighted by Crippen LogP contribution is -2.53. The molecule has 0 aromatic heterocycles. The van der Waals surface area contributed by atoms with Crippen LogP contribution in [0.4, 0.5) is 0 Å². The van der Waals surface area contributed by atoms with Crippen molar-refractivity contribution in [2.75, 3.05) is 6.61 Å². The number of nitrogens with zero attached hydrogens (tertiary/aromatic N) is 3. The molecule has 6 atom stereocenters. The number of fused-ring (bicyclic) bond motifs is 1. The molecule has 1 amide bonds. The van der Waals surface area contributed by atoms with Gasteiger partial charge in [0.15, 0.2) is 18.4 Å². The van der Waals surface area contributed by atoms with E-state index in [4.69, 9.17) is 14.5 Å². The molecule has 3 heterocycles. The van der Waals surface area contributed by atoms with Crippen molar-refractivity contribution in [2.45, 2.75) is 36.7 Å². The molecule has 3 aliphatic heterocycles. The molecule has 128 valence electrons. The fourth-order valence-corrected chi connectivity index (χ4v) is 2.92. The highest BCUT2D eigenvalue weighted by Crippen LogP contribution is 2.37. The Morgan fingerprint density at radius 3 is 2.78 bits per heavy atom. The number of hydrogen-bond acceptors (Lipinski definition) is 9. The van der Waals surface area contributed by atoms with E-state index in [0.717, 1.165) is 0 Å². The minimum atomic E-state index is -4.73. The van der Waals surface area contributed by atoms with E-state index in [1.54, 1.807) is 0 Å². The fraction of sp³-hybridized carbons (Fsp3) is 0.700. The molecule has 0 spiro atoms. The molecule has 0 aliphatic carbocycles. The van der Waals surface area contributed by atoms with E-state index in [1.165, 1.54) is 17.6 Å². The summed E-state index contributed by atoms with van der Waals surface area (Å²) in [5.74, 6) is -0.363. The lowest BCUT2D eigenvalue weighted by molar-refractivity contribution is -0.124. The molecule has 0 aromatic carbocycles. The van der Waals surface area contributed by atoms with E-state index < -0.39 is 51.2 Å². The summed E-state index contributed by atoms with van der Waals surface area (Å²) >= 11 is 0. The number of amides is 1. The van der Waals surface area contributed by atoms with E-state index in [1.807, 2.05) is 0 Å². The number of hydrogen-bond donors (Lipinski definition) is 5. The first-order valence-electron chi connectivity index (χ1n) is 6.62. The number of ether oxygens (including phenoxy) is 1. The first-order chi connectivity index (χ1) is 10.8. The van der Waals surface area contributed by atoms with Gasteiger partial charge in [0.05, 0.1) is 19.3 Å². The first-order valence-corrected chi connectivity index (χ1v) is 8.15. The summed E-state index contributed by atoms with van der Waals surface area (Å²) < 4.78 is 20.4. The molecule has 1 saturated heterocycles. The highest BCUT2D eigenvalue weighted by Gasteiger charge is 2.50. The molecular weight excluding hydrogens is 335 g/mol. The van der Waals surface area contributed by atoms with E-state index in [2.05, 4.69) is 19.8 Å². The Morgan fingerprint density at radius 2 is 2.09 bits per heavy atom. The van der Waals surface area contributed by atoms with Gasteiger partial charge in [-0.2, -0.15) is 0 Å². The van der Waals surface area contributed by atoms with Crippen LogP contribution in [-0.4, -0.2) is 86.8 Å². The highest BCUT2D eigenvalue weighted by atomic mass is 31.2. The molecule has 1 fully saturated rings. The van der Waals surface area contributed by atoms with Gasteiger partial charge in [0.2, 0.25) is 0 Å². The summed E-state index contributed by atoms with van der Waals surface area (Å²) in [5, 5.41) is 22.4. The van der Waals surface area contributed by atoms with Gasteiger partial charge >= 0.3 is 7.82 Å². The second-order valence-corrected chi connectivity index (χ2v) is 6.43. The van der Waals surface area contributed by atoms with Gasteiger partial charge in [0, 0.05) is 0 Å². The minimum absolute atomic E-state index is 0.363. The van der Waals surface area contributed by atoms with Crippen molar-refractivity contribution in [2.24, 2.45) is 9.98 Å². The number of phosphoric acid groups is 1. The third-order valence-electron chi connectivity index (χ3n) is 3.69. The van der Waals surface area contributed by atoms with Gasteiger partial charge in [-0.05, 0) is 0 Å². The van der Waals surface area contributed by atoms with Crippen LogP contribution in [0.3, 0.4) is 0 Å². The fourth-order valence-electron chi connectivity index (χ4n) is 2.58. The summed E-state index contributed by atoms with van der Waals surface area (Å²) in [6.45, 7) is -0.609. The van der Waals surface area contributed by atoms with E-state index >= 15 is 0 Å². The minimum Gasteiger partial charge on any atom is -0.387 e. The van der Waals surface area contributed by atoms with Crippen molar-refractivity contribution < 1.29 is 38.6 Å². The maximum atomic E-state index is 11.7. The molecular formula is C10H15N4O8P. The third kappa shape index (κ3) is 3.15. The zero-order valence-electron chi connectivity index (χ0n) is 11.5. The lowest BCUT2D eigenvalue weighted by atomic mass is 10.1. The Bertz CT molecular complexity index is 593. The Kier molecular flexibility index (Phi) is 4.23. The molecule has 13 heteroatoms. The third-order valence-corrected chi connectivity index (χ3v) is 4.17. The first kappa shape index (κ1) is 16.5. The molecule has 5 N–H and O–H groups in total. The monoisotopic (exact) mass is 350 g/mol. The van der Waals surface area contributed by atoms with Crippen molar-refractivity contribution in [1.82, 2.24) is 10.2 Å². The van der Waals surface area contributed by atoms with Crippen molar-refractivity contribution in [1.29, 1.82) is 0 Å². The topological polar surface area (TPSA) is 174 Å². The zero-order valence-corrected chi connectivity index (χ0v) is 12.4. The zero-order chi connectivity index (χ0) is 16.8. The molecule has 3 aliphatic rings. The normalized spacial score (nSPS) is 39.7. The van der Waals surface area contributed by atoms with Crippen LogP contribution < -0.4 is 5.32 Å². The molecule has 0 radical (unpaired) electrons. The largest absolute Gasteiger partial charge is 0.469 e. The van der Waals surface area contributed by atoms with Crippen LogP contribution in [0.5, 0.6) is 0 Å². The predicted octanol–water partition coefficient (Wildman–Crippen LogP) is -3.26. The van der Waals surface area contributed by atoms with E-state index in [9.17, 15) is 19.6 Å². The number of aliphatic hydroxyl groups is 2. The Balaban J connectivity index is 1.70. The second kappa shape index (κ2) is 5.91. The smallest absolute Gasteiger partial charge is 0.387 e. The quantitative estimate of drug-likeness (QED) is 0.326.